The molecular weight excluding hydrogens is 256 g/mol. The summed E-state index contributed by atoms with van der Waals surface area (Å²) in [6.07, 6.45) is 0. The molecule has 2 rings (SSSR count). The van der Waals surface area contributed by atoms with Crippen molar-refractivity contribution >= 4 is 5.97 Å². The van der Waals surface area contributed by atoms with E-state index in [1.165, 1.54) is 0 Å². The lowest BCUT2D eigenvalue weighted by molar-refractivity contribution is 0.0518. The van der Waals surface area contributed by atoms with E-state index in [0.717, 1.165) is 11.1 Å². The molecule has 0 spiro atoms. The molecule has 0 fully saturated rings. The van der Waals surface area contributed by atoms with Crippen LogP contribution >= 0.6 is 0 Å². The summed E-state index contributed by atoms with van der Waals surface area (Å²) in [4.78, 5) is 30.6. The minimum atomic E-state index is -0.579. The van der Waals surface area contributed by atoms with Gasteiger partial charge in [0.1, 0.15) is 5.82 Å². The van der Waals surface area contributed by atoms with E-state index in [0.29, 0.717) is 5.82 Å². The topological polar surface area (TPSA) is 72.0 Å². The van der Waals surface area contributed by atoms with Crippen LogP contribution in [0.3, 0.4) is 0 Å². The molecule has 5 heteroatoms. The zero-order chi connectivity index (χ0) is 14.7. The van der Waals surface area contributed by atoms with E-state index in [9.17, 15) is 9.59 Å². The minimum Gasteiger partial charge on any atom is -0.461 e. The smallest absolute Gasteiger partial charge is 0.357 e. The number of carbonyl (C=O) groups excluding carboxylic acids is 1. The van der Waals surface area contributed by atoms with Crippen molar-refractivity contribution in [2.24, 2.45) is 0 Å². The van der Waals surface area contributed by atoms with Gasteiger partial charge in [0.05, 0.1) is 6.61 Å². The van der Waals surface area contributed by atoms with Crippen LogP contribution in [0.4, 0.5) is 0 Å². The fraction of sp³-hybridized carbons (Fsp3) is 0.267. The molecule has 104 valence electrons. The van der Waals surface area contributed by atoms with Gasteiger partial charge < -0.3 is 9.72 Å². The van der Waals surface area contributed by atoms with Crippen molar-refractivity contribution < 1.29 is 9.53 Å². The third-order valence-corrected chi connectivity index (χ3v) is 2.95. The SMILES string of the molecule is CCOC(=O)c1nc(-c2ccc(C)cc2)[nH]c(=O)c1C. The third-order valence-electron chi connectivity index (χ3n) is 2.95. The predicted octanol–water partition coefficient (Wildman–Crippen LogP) is 2.23. The van der Waals surface area contributed by atoms with Crippen LogP contribution in [0, 0.1) is 13.8 Å². The van der Waals surface area contributed by atoms with Crippen molar-refractivity contribution in [3.05, 3.63) is 51.4 Å². The van der Waals surface area contributed by atoms with Gasteiger partial charge in [-0.2, -0.15) is 0 Å². The molecule has 20 heavy (non-hydrogen) atoms. The van der Waals surface area contributed by atoms with E-state index in [1.807, 2.05) is 31.2 Å². The van der Waals surface area contributed by atoms with Crippen LogP contribution in [0.15, 0.2) is 29.1 Å². The maximum absolute atomic E-state index is 11.9. The van der Waals surface area contributed by atoms with Crippen molar-refractivity contribution in [2.75, 3.05) is 6.61 Å². The number of carbonyl (C=O) groups is 1. The molecular formula is C15H16N2O3. The van der Waals surface area contributed by atoms with Crippen LogP contribution in [0.5, 0.6) is 0 Å². The number of aryl methyl sites for hydroxylation is 1. The third kappa shape index (κ3) is 2.77. The number of aromatic nitrogens is 2. The largest absolute Gasteiger partial charge is 0.461 e. The highest BCUT2D eigenvalue weighted by atomic mass is 16.5. The first kappa shape index (κ1) is 14.0. The van der Waals surface area contributed by atoms with Gasteiger partial charge in [0.15, 0.2) is 5.69 Å². The molecule has 0 saturated carbocycles. The number of nitrogens with zero attached hydrogens (tertiary/aromatic N) is 1. The van der Waals surface area contributed by atoms with Crippen molar-refractivity contribution in [1.29, 1.82) is 0 Å². The first-order valence-corrected chi connectivity index (χ1v) is 6.38. The summed E-state index contributed by atoms with van der Waals surface area (Å²) in [5, 5.41) is 0. The van der Waals surface area contributed by atoms with E-state index in [1.54, 1.807) is 13.8 Å². The summed E-state index contributed by atoms with van der Waals surface area (Å²) < 4.78 is 4.92. The summed E-state index contributed by atoms with van der Waals surface area (Å²) in [6.45, 7) is 5.48. The standard InChI is InChI=1S/C15H16N2O3/c1-4-20-15(19)12-10(3)14(18)17-13(16-12)11-7-5-9(2)6-8-11/h5-8H,4H2,1-3H3,(H,16,17,18). The quantitative estimate of drug-likeness (QED) is 0.870. The van der Waals surface area contributed by atoms with Gasteiger partial charge in [-0.05, 0) is 20.8 Å². The van der Waals surface area contributed by atoms with E-state index < -0.39 is 5.97 Å². The van der Waals surface area contributed by atoms with Crippen molar-refractivity contribution in [1.82, 2.24) is 9.97 Å². The molecule has 0 atom stereocenters. The van der Waals surface area contributed by atoms with E-state index in [-0.39, 0.29) is 23.4 Å². The van der Waals surface area contributed by atoms with Crippen LogP contribution in [0.25, 0.3) is 11.4 Å². The van der Waals surface area contributed by atoms with E-state index >= 15 is 0 Å². The lowest BCUT2D eigenvalue weighted by Gasteiger charge is -2.07. The second-order valence-corrected chi connectivity index (χ2v) is 4.47. The molecule has 0 amide bonds. The Morgan fingerprint density at radius 2 is 1.90 bits per heavy atom. The molecule has 1 aromatic heterocycles. The fourth-order valence-corrected chi connectivity index (χ4v) is 1.78. The second-order valence-electron chi connectivity index (χ2n) is 4.47. The van der Waals surface area contributed by atoms with Crippen molar-refractivity contribution in [3.8, 4) is 11.4 Å². The highest BCUT2D eigenvalue weighted by Gasteiger charge is 2.16. The molecule has 0 aliphatic heterocycles. The lowest BCUT2D eigenvalue weighted by atomic mass is 10.1. The van der Waals surface area contributed by atoms with Crippen LogP contribution in [0.1, 0.15) is 28.5 Å². The summed E-state index contributed by atoms with van der Waals surface area (Å²) in [5.74, 6) is -0.215. The Labute approximate surface area is 116 Å². The molecule has 0 unspecified atom stereocenters. The Morgan fingerprint density at radius 3 is 2.50 bits per heavy atom. The van der Waals surface area contributed by atoms with Crippen molar-refractivity contribution in [2.45, 2.75) is 20.8 Å². The number of hydrogen-bond donors (Lipinski definition) is 1. The minimum absolute atomic E-state index is 0.0613. The van der Waals surface area contributed by atoms with Gasteiger partial charge >= 0.3 is 5.97 Å². The molecule has 0 saturated heterocycles. The van der Waals surface area contributed by atoms with Gasteiger partial charge in [-0.25, -0.2) is 9.78 Å². The number of aromatic amines is 1. The maximum Gasteiger partial charge on any atom is 0.357 e. The van der Waals surface area contributed by atoms with Crippen LogP contribution in [-0.2, 0) is 4.74 Å². The van der Waals surface area contributed by atoms with Crippen molar-refractivity contribution in [3.63, 3.8) is 0 Å². The fourth-order valence-electron chi connectivity index (χ4n) is 1.78. The summed E-state index contributed by atoms with van der Waals surface area (Å²) in [7, 11) is 0. The van der Waals surface area contributed by atoms with Gasteiger partial charge in [-0.15, -0.1) is 0 Å². The van der Waals surface area contributed by atoms with E-state index in [2.05, 4.69) is 9.97 Å². The molecule has 1 heterocycles. The summed E-state index contributed by atoms with van der Waals surface area (Å²) in [5.41, 5.74) is 1.84. The zero-order valence-electron chi connectivity index (χ0n) is 11.7. The number of esters is 1. The lowest BCUT2D eigenvalue weighted by Crippen LogP contribution is -2.20. The molecule has 0 radical (unpaired) electrons. The number of rotatable bonds is 3. The number of hydrogen-bond acceptors (Lipinski definition) is 4. The first-order valence-electron chi connectivity index (χ1n) is 6.38. The number of H-pyrrole nitrogens is 1. The highest BCUT2D eigenvalue weighted by molar-refractivity contribution is 5.89. The first-order chi connectivity index (χ1) is 9.52. The molecule has 2 aromatic rings. The van der Waals surface area contributed by atoms with Crippen LogP contribution in [0.2, 0.25) is 0 Å². The summed E-state index contributed by atoms with van der Waals surface area (Å²) >= 11 is 0. The second kappa shape index (κ2) is 5.69. The van der Waals surface area contributed by atoms with Crippen LogP contribution in [-0.4, -0.2) is 22.5 Å². The number of benzene rings is 1. The molecule has 0 aliphatic rings. The Kier molecular flexibility index (Phi) is 3.98. The van der Waals surface area contributed by atoms with Crippen LogP contribution < -0.4 is 5.56 Å². The Bertz CT molecular complexity index is 687. The maximum atomic E-state index is 11.9. The predicted molar refractivity (Wildman–Crippen MR) is 75.7 cm³/mol. The molecule has 0 bridgehead atoms. The Hall–Kier alpha value is -2.43. The normalized spacial score (nSPS) is 10.3. The Balaban J connectivity index is 2.53. The molecule has 0 aliphatic carbocycles. The summed E-state index contributed by atoms with van der Waals surface area (Å²) in [6, 6.07) is 7.52. The van der Waals surface area contributed by atoms with Gasteiger partial charge in [-0.1, -0.05) is 29.8 Å². The van der Waals surface area contributed by atoms with E-state index in [4.69, 9.17) is 4.74 Å². The average Bonchev–Trinajstić information content (AvgIpc) is 2.43. The van der Waals surface area contributed by atoms with Gasteiger partial charge in [0.2, 0.25) is 0 Å². The molecule has 1 aromatic carbocycles. The molecule has 1 N–H and O–H groups in total. The zero-order valence-corrected chi connectivity index (χ0v) is 11.7. The number of ether oxygens (including phenoxy) is 1. The van der Waals surface area contributed by atoms with Gasteiger partial charge in [0.25, 0.3) is 5.56 Å². The molecule has 5 nitrogen and oxygen atoms in total. The number of nitrogens with one attached hydrogen (secondary N) is 1. The highest BCUT2D eigenvalue weighted by Crippen LogP contribution is 2.15. The monoisotopic (exact) mass is 272 g/mol. The Morgan fingerprint density at radius 1 is 1.25 bits per heavy atom. The van der Waals surface area contributed by atoms with Gasteiger partial charge in [0, 0.05) is 11.1 Å². The average molecular weight is 272 g/mol. The van der Waals surface area contributed by atoms with Gasteiger partial charge in [-0.3, -0.25) is 4.79 Å².